The first-order valence-corrected chi connectivity index (χ1v) is 17.0. The molecule has 16 heteroatoms. The lowest BCUT2D eigenvalue weighted by atomic mass is 10.0. The number of amides is 7. The number of nitrogens with one attached hydrogen (secondary N) is 4. The van der Waals surface area contributed by atoms with E-state index in [2.05, 4.69) is 21.3 Å². The Labute approximate surface area is 285 Å². The lowest BCUT2D eigenvalue weighted by Gasteiger charge is -2.31. The molecule has 0 spiro atoms. The van der Waals surface area contributed by atoms with Crippen molar-refractivity contribution in [3.63, 3.8) is 0 Å². The Hall–Kier alpha value is -4.34. The SMILES string of the molecule is CC(C)C[C@H](NC(=O)[C@@H]1CCCN1C(=O)[C@H](CSCc1ccccc1)NC(=O)[C@H](CC(N)=O)NC(=O)OC(C)(C)C)C(=O)NCC(N)=O. The number of nitrogens with zero attached hydrogens (tertiary/aromatic N) is 1. The van der Waals surface area contributed by atoms with Gasteiger partial charge in [-0.05, 0) is 51.5 Å². The van der Waals surface area contributed by atoms with Gasteiger partial charge < -0.3 is 42.4 Å². The van der Waals surface area contributed by atoms with Crippen LogP contribution in [0, 0.1) is 5.92 Å². The van der Waals surface area contributed by atoms with Crippen LogP contribution >= 0.6 is 11.8 Å². The van der Waals surface area contributed by atoms with Gasteiger partial charge in [0.1, 0.15) is 29.8 Å². The lowest BCUT2D eigenvalue weighted by molar-refractivity contribution is -0.142. The predicted octanol–water partition coefficient (Wildman–Crippen LogP) is 0.297. The van der Waals surface area contributed by atoms with Gasteiger partial charge in [0.2, 0.25) is 35.4 Å². The summed E-state index contributed by atoms with van der Waals surface area (Å²) in [6, 6.07) is 4.99. The van der Waals surface area contributed by atoms with Crippen molar-refractivity contribution in [1.82, 2.24) is 26.2 Å². The molecular formula is C32H49N7O8S. The molecular weight excluding hydrogens is 642 g/mol. The molecule has 1 heterocycles. The topological polar surface area (TPSA) is 232 Å². The molecule has 2 rings (SSSR count). The van der Waals surface area contributed by atoms with E-state index in [4.69, 9.17) is 16.2 Å². The largest absolute Gasteiger partial charge is 0.444 e. The zero-order chi connectivity index (χ0) is 36.0. The smallest absolute Gasteiger partial charge is 0.408 e. The van der Waals surface area contributed by atoms with Crippen molar-refractivity contribution in [2.75, 3.05) is 18.8 Å². The molecule has 0 saturated carbocycles. The van der Waals surface area contributed by atoms with E-state index in [1.165, 1.54) is 16.7 Å². The fourth-order valence-electron chi connectivity index (χ4n) is 4.95. The number of carbonyl (C=O) groups is 7. The van der Waals surface area contributed by atoms with Crippen molar-refractivity contribution >= 4 is 53.3 Å². The lowest BCUT2D eigenvalue weighted by Crippen LogP contribution is -2.59. The van der Waals surface area contributed by atoms with Crippen molar-refractivity contribution in [2.24, 2.45) is 17.4 Å². The number of thioether (sulfide) groups is 1. The molecule has 4 atom stereocenters. The predicted molar refractivity (Wildman–Crippen MR) is 180 cm³/mol. The average molecular weight is 692 g/mol. The highest BCUT2D eigenvalue weighted by molar-refractivity contribution is 7.98. The summed E-state index contributed by atoms with van der Waals surface area (Å²) < 4.78 is 5.23. The minimum atomic E-state index is -1.43. The van der Waals surface area contributed by atoms with Crippen LogP contribution in [0.4, 0.5) is 4.79 Å². The van der Waals surface area contributed by atoms with E-state index in [1.807, 2.05) is 44.2 Å². The van der Waals surface area contributed by atoms with Gasteiger partial charge in [0.05, 0.1) is 13.0 Å². The molecule has 1 aliphatic heterocycles. The number of carbonyl (C=O) groups excluding carboxylic acids is 7. The van der Waals surface area contributed by atoms with Crippen LogP contribution in [0.25, 0.3) is 0 Å². The molecule has 1 aromatic carbocycles. The van der Waals surface area contributed by atoms with Crippen LogP contribution in [0.2, 0.25) is 0 Å². The van der Waals surface area contributed by atoms with Gasteiger partial charge in [0.25, 0.3) is 0 Å². The zero-order valence-corrected chi connectivity index (χ0v) is 29.0. The molecule has 15 nitrogen and oxygen atoms in total. The molecule has 0 aromatic heterocycles. The Balaban J connectivity index is 2.28. The molecule has 1 aliphatic rings. The van der Waals surface area contributed by atoms with Gasteiger partial charge in [-0.1, -0.05) is 44.2 Å². The third-order valence-corrected chi connectivity index (χ3v) is 8.15. The normalized spacial score (nSPS) is 16.3. The number of alkyl carbamates (subject to hydrolysis) is 1. The Morgan fingerprint density at radius 2 is 1.58 bits per heavy atom. The summed E-state index contributed by atoms with van der Waals surface area (Å²) in [5, 5.41) is 10.1. The van der Waals surface area contributed by atoms with Gasteiger partial charge in [-0.3, -0.25) is 28.8 Å². The van der Waals surface area contributed by atoms with E-state index in [9.17, 15) is 33.6 Å². The monoisotopic (exact) mass is 691 g/mol. The molecule has 48 heavy (non-hydrogen) atoms. The summed E-state index contributed by atoms with van der Waals surface area (Å²) in [5.41, 5.74) is 10.6. The standard InChI is InChI=1S/C32H49N7O8S/c1-19(2)14-21(27(42)35-16-26(34)41)36-29(44)24-12-9-13-39(24)30(45)23(18-48-17-20-10-7-6-8-11-20)37-28(43)22(15-25(33)40)38-31(46)47-32(3,4)5/h6-8,10-11,19,21-24H,9,12-18H2,1-5H3,(H2,33,40)(H2,34,41)(H,35,42)(H,36,44)(H,37,43)(H,38,46)/t21-,22-,23-,24-/m0/s1. The molecule has 1 aromatic rings. The second-order valence-electron chi connectivity index (χ2n) is 13.0. The maximum absolute atomic E-state index is 14.1. The van der Waals surface area contributed by atoms with Gasteiger partial charge in [-0.25, -0.2) is 4.79 Å². The quantitative estimate of drug-likeness (QED) is 0.132. The molecule has 266 valence electrons. The molecule has 1 saturated heterocycles. The van der Waals surface area contributed by atoms with Crippen LogP contribution in [0.5, 0.6) is 0 Å². The number of likely N-dealkylation sites (tertiary alicyclic amines) is 1. The van der Waals surface area contributed by atoms with Gasteiger partial charge in [-0.15, -0.1) is 0 Å². The fourth-order valence-corrected chi connectivity index (χ4v) is 5.96. The Morgan fingerprint density at radius 3 is 2.17 bits per heavy atom. The van der Waals surface area contributed by atoms with E-state index in [1.54, 1.807) is 20.8 Å². The molecule has 0 unspecified atom stereocenters. The number of benzene rings is 1. The minimum Gasteiger partial charge on any atom is -0.444 e. The van der Waals surface area contributed by atoms with E-state index in [-0.39, 0.29) is 31.2 Å². The van der Waals surface area contributed by atoms with Crippen molar-refractivity contribution in [2.45, 2.75) is 95.8 Å². The molecule has 1 fully saturated rings. The average Bonchev–Trinajstić information content (AvgIpc) is 3.47. The van der Waals surface area contributed by atoms with E-state index in [0.29, 0.717) is 18.6 Å². The van der Waals surface area contributed by atoms with E-state index < -0.39 is 77.7 Å². The van der Waals surface area contributed by atoms with Crippen LogP contribution < -0.4 is 32.7 Å². The van der Waals surface area contributed by atoms with Crippen LogP contribution in [-0.2, 0) is 39.3 Å². The molecule has 0 bridgehead atoms. The number of primary amides is 2. The summed E-state index contributed by atoms with van der Waals surface area (Å²) >= 11 is 1.37. The minimum absolute atomic E-state index is 0.0137. The van der Waals surface area contributed by atoms with Gasteiger partial charge in [-0.2, -0.15) is 11.8 Å². The number of rotatable bonds is 17. The maximum Gasteiger partial charge on any atom is 0.408 e. The van der Waals surface area contributed by atoms with Crippen LogP contribution in [0.15, 0.2) is 30.3 Å². The highest BCUT2D eigenvalue weighted by Crippen LogP contribution is 2.22. The first kappa shape index (κ1) is 39.8. The van der Waals surface area contributed by atoms with Crippen molar-refractivity contribution in [1.29, 1.82) is 0 Å². The van der Waals surface area contributed by atoms with E-state index >= 15 is 0 Å². The van der Waals surface area contributed by atoms with Gasteiger partial charge in [0, 0.05) is 18.1 Å². The summed E-state index contributed by atoms with van der Waals surface area (Å²) in [7, 11) is 0. The van der Waals surface area contributed by atoms with Crippen LogP contribution in [0.1, 0.15) is 65.9 Å². The first-order valence-electron chi connectivity index (χ1n) is 15.8. The molecule has 0 radical (unpaired) electrons. The van der Waals surface area contributed by atoms with Crippen LogP contribution in [0.3, 0.4) is 0 Å². The highest BCUT2D eigenvalue weighted by atomic mass is 32.2. The summed E-state index contributed by atoms with van der Waals surface area (Å²) in [5.74, 6) is -3.47. The summed E-state index contributed by atoms with van der Waals surface area (Å²) in [6.07, 6.45) is -0.409. The Kier molecular flexibility index (Phi) is 15.7. The summed E-state index contributed by atoms with van der Waals surface area (Å²) in [4.78, 5) is 90.6. The number of hydrogen-bond donors (Lipinski definition) is 6. The van der Waals surface area contributed by atoms with Crippen molar-refractivity contribution in [3.05, 3.63) is 35.9 Å². The fraction of sp³-hybridized carbons (Fsp3) is 0.594. The zero-order valence-electron chi connectivity index (χ0n) is 28.2. The summed E-state index contributed by atoms with van der Waals surface area (Å²) in [6.45, 7) is 8.47. The number of nitrogens with two attached hydrogens (primary N) is 2. The molecule has 7 amide bonds. The second kappa shape index (κ2) is 18.9. The third-order valence-electron chi connectivity index (χ3n) is 7.04. The van der Waals surface area contributed by atoms with Gasteiger partial charge >= 0.3 is 6.09 Å². The van der Waals surface area contributed by atoms with Crippen molar-refractivity contribution < 1.29 is 38.3 Å². The first-order chi connectivity index (χ1) is 22.5. The number of ether oxygens (including phenoxy) is 1. The Bertz CT molecular complexity index is 1300. The molecule has 0 aliphatic carbocycles. The second-order valence-corrected chi connectivity index (χ2v) is 14.0. The third kappa shape index (κ3) is 14.2. The molecule has 8 N–H and O–H groups in total. The maximum atomic E-state index is 14.1. The van der Waals surface area contributed by atoms with Gasteiger partial charge in [0.15, 0.2) is 0 Å². The number of hydrogen-bond acceptors (Lipinski definition) is 9. The van der Waals surface area contributed by atoms with Crippen LogP contribution in [-0.4, -0.2) is 95.0 Å². The van der Waals surface area contributed by atoms with Crippen molar-refractivity contribution in [3.8, 4) is 0 Å². The Morgan fingerprint density at radius 1 is 0.917 bits per heavy atom. The highest BCUT2D eigenvalue weighted by Gasteiger charge is 2.40. The van der Waals surface area contributed by atoms with E-state index in [0.717, 1.165) is 5.56 Å².